The largest absolute Gasteiger partial charge is 0.386 e. The molecular weight excluding hydrogens is 264 g/mol. The van der Waals surface area contributed by atoms with Gasteiger partial charge in [-0.1, -0.05) is 25.5 Å². The van der Waals surface area contributed by atoms with E-state index in [2.05, 4.69) is 4.40 Å². The van der Waals surface area contributed by atoms with Crippen LogP contribution in [0.2, 0.25) is 0 Å². The van der Waals surface area contributed by atoms with Gasteiger partial charge in [-0.2, -0.15) is 8.42 Å². The quantitative estimate of drug-likeness (QED) is 0.877. The summed E-state index contributed by atoms with van der Waals surface area (Å²) in [6, 6.07) is 6.82. The van der Waals surface area contributed by atoms with Gasteiger partial charge in [-0.05, 0) is 18.6 Å². The number of β-amino-alcohol motifs (C(OH)–C–C–N with tert-alkyl or cyclic N) is 1. The van der Waals surface area contributed by atoms with Crippen molar-refractivity contribution in [3.05, 3.63) is 29.8 Å². The molecule has 1 aromatic carbocycles. The summed E-state index contributed by atoms with van der Waals surface area (Å²) in [4.78, 5) is 2.09. The lowest BCUT2D eigenvalue weighted by Gasteiger charge is -2.47. The molecule has 0 aromatic heterocycles. The van der Waals surface area contributed by atoms with E-state index in [1.807, 2.05) is 11.8 Å². The molecule has 0 amide bonds. The van der Waals surface area contributed by atoms with Gasteiger partial charge < -0.3 is 10.0 Å². The van der Waals surface area contributed by atoms with Crippen LogP contribution in [0.15, 0.2) is 33.6 Å². The summed E-state index contributed by atoms with van der Waals surface area (Å²) in [6.45, 7) is 2.92. The SMILES string of the molecule is CCCC1(O)CN(C2=NS(=O)(=O)c3ccccc32)C1. The molecule has 0 bridgehead atoms. The molecular formula is C13H16N2O3S. The van der Waals surface area contributed by atoms with Crippen molar-refractivity contribution in [2.75, 3.05) is 13.1 Å². The van der Waals surface area contributed by atoms with Gasteiger partial charge in [-0.25, -0.2) is 0 Å². The molecule has 1 fully saturated rings. The van der Waals surface area contributed by atoms with E-state index in [9.17, 15) is 13.5 Å². The molecule has 3 rings (SSSR count). The van der Waals surface area contributed by atoms with Crippen molar-refractivity contribution in [2.24, 2.45) is 4.40 Å². The molecule has 0 aliphatic carbocycles. The maximum absolute atomic E-state index is 11.9. The third kappa shape index (κ3) is 1.95. The molecule has 5 nitrogen and oxygen atoms in total. The zero-order chi connectivity index (χ0) is 13.7. The maximum atomic E-state index is 11.9. The summed E-state index contributed by atoms with van der Waals surface area (Å²) < 4.78 is 27.7. The molecule has 0 unspecified atom stereocenters. The summed E-state index contributed by atoms with van der Waals surface area (Å²) in [5.74, 6) is 0.469. The summed E-state index contributed by atoms with van der Waals surface area (Å²) in [7, 11) is -3.56. The zero-order valence-electron chi connectivity index (χ0n) is 10.7. The van der Waals surface area contributed by atoms with Crippen LogP contribution in [0, 0.1) is 0 Å². The lowest BCUT2D eigenvalue weighted by atomic mass is 9.88. The van der Waals surface area contributed by atoms with Crippen LogP contribution < -0.4 is 0 Å². The van der Waals surface area contributed by atoms with E-state index < -0.39 is 15.6 Å². The Kier molecular flexibility index (Phi) is 2.69. The highest BCUT2D eigenvalue weighted by Crippen LogP contribution is 2.33. The van der Waals surface area contributed by atoms with Crippen LogP contribution in [0.1, 0.15) is 25.3 Å². The maximum Gasteiger partial charge on any atom is 0.285 e. The van der Waals surface area contributed by atoms with Crippen LogP contribution >= 0.6 is 0 Å². The van der Waals surface area contributed by atoms with E-state index in [1.54, 1.807) is 24.3 Å². The third-order valence-corrected chi connectivity index (χ3v) is 4.92. The fourth-order valence-corrected chi connectivity index (χ4v) is 3.98. The van der Waals surface area contributed by atoms with Crippen molar-refractivity contribution >= 4 is 15.9 Å². The van der Waals surface area contributed by atoms with Crippen LogP contribution in [-0.2, 0) is 10.0 Å². The van der Waals surface area contributed by atoms with E-state index in [4.69, 9.17) is 0 Å². The number of hydrogen-bond acceptors (Lipinski definition) is 4. The van der Waals surface area contributed by atoms with Crippen LogP contribution in [0.5, 0.6) is 0 Å². The Balaban J connectivity index is 1.89. The molecule has 102 valence electrons. The average Bonchev–Trinajstić information content (AvgIpc) is 2.59. The monoisotopic (exact) mass is 280 g/mol. The number of rotatable bonds is 2. The number of hydrogen-bond donors (Lipinski definition) is 1. The summed E-state index contributed by atoms with van der Waals surface area (Å²) in [5.41, 5.74) is -0.0560. The van der Waals surface area contributed by atoms with Crippen LogP contribution in [0.4, 0.5) is 0 Å². The van der Waals surface area contributed by atoms with Crippen molar-refractivity contribution < 1.29 is 13.5 Å². The Morgan fingerprint density at radius 1 is 1.37 bits per heavy atom. The number of fused-ring (bicyclic) bond motifs is 1. The topological polar surface area (TPSA) is 70.0 Å². The summed E-state index contributed by atoms with van der Waals surface area (Å²) in [5, 5.41) is 10.2. The van der Waals surface area contributed by atoms with E-state index in [0.29, 0.717) is 24.5 Å². The van der Waals surface area contributed by atoms with Crippen LogP contribution in [0.3, 0.4) is 0 Å². The second-order valence-corrected chi connectivity index (χ2v) is 6.79. The van der Waals surface area contributed by atoms with Gasteiger partial charge in [-0.15, -0.1) is 4.40 Å². The molecule has 1 N–H and O–H groups in total. The Morgan fingerprint density at radius 3 is 2.74 bits per heavy atom. The molecule has 2 aliphatic rings. The molecule has 2 heterocycles. The highest BCUT2D eigenvalue weighted by atomic mass is 32.2. The molecule has 1 aromatic rings. The Labute approximate surface area is 112 Å². The number of likely N-dealkylation sites (tertiary alicyclic amines) is 1. The summed E-state index contributed by atoms with van der Waals surface area (Å²) >= 11 is 0. The van der Waals surface area contributed by atoms with Gasteiger partial charge in [0.25, 0.3) is 10.0 Å². The van der Waals surface area contributed by atoms with Gasteiger partial charge in [0.05, 0.1) is 18.7 Å². The van der Waals surface area contributed by atoms with Gasteiger partial charge >= 0.3 is 0 Å². The van der Waals surface area contributed by atoms with Crippen molar-refractivity contribution in [3.8, 4) is 0 Å². The minimum atomic E-state index is -3.56. The molecule has 1 saturated heterocycles. The van der Waals surface area contributed by atoms with Crippen molar-refractivity contribution in [1.82, 2.24) is 4.90 Å². The van der Waals surface area contributed by atoms with E-state index in [-0.39, 0.29) is 4.90 Å². The molecule has 0 atom stereocenters. The van der Waals surface area contributed by atoms with Gasteiger partial charge in [0.15, 0.2) is 5.84 Å². The van der Waals surface area contributed by atoms with Crippen molar-refractivity contribution in [2.45, 2.75) is 30.3 Å². The molecule has 0 spiro atoms. The van der Waals surface area contributed by atoms with E-state index in [1.165, 1.54) is 0 Å². The first kappa shape index (κ1) is 12.6. The Hall–Kier alpha value is -1.40. The third-order valence-electron chi connectivity index (χ3n) is 3.60. The Morgan fingerprint density at radius 2 is 2.05 bits per heavy atom. The standard InChI is InChI=1S/C13H16N2O3S/c1-2-7-13(16)8-15(9-13)12-10-5-3-4-6-11(10)19(17,18)14-12/h3-6,16H,2,7-9H2,1H3. The minimum Gasteiger partial charge on any atom is -0.386 e. The lowest BCUT2D eigenvalue weighted by molar-refractivity contribution is -0.0715. The zero-order valence-corrected chi connectivity index (χ0v) is 11.5. The number of benzene rings is 1. The lowest BCUT2D eigenvalue weighted by Crippen LogP contribution is -2.63. The summed E-state index contributed by atoms with van der Waals surface area (Å²) in [6.07, 6.45) is 1.64. The Bertz CT molecular complexity index is 646. The first-order valence-electron chi connectivity index (χ1n) is 6.37. The number of aliphatic hydroxyl groups is 1. The smallest absolute Gasteiger partial charge is 0.285 e. The van der Waals surface area contributed by atoms with E-state index in [0.717, 1.165) is 12.8 Å². The second-order valence-electron chi connectivity index (χ2n) is 5.22. The fourth-order valence-electron chi connectivity index (χ4n) is 2.75. The molecule has 2 aliphatic heterocycles. The van der Waals surface area contributed by atoms with Crippen LogP contribution in [-0.4, -0.2) is 43.0 Å². The number of sulfonamides is 1. The molecule has 0 radical (unpaired) electrons. The van der Waals surface area contributed by atoms with Gasteiger partial charge in [-0.3, -0.25) is 0 Å². The van der Waals surface area contributed by atoms with Crippen molar-refractivity contribution in [3.63, 3.8) is 0 Å². The average molecular weight is 280 g/mol. The fraction of sp³-hybridized carbons (Fsp3) is 0.462. The number of amidine groups is 1. The van der Waals surface area contributed by atoms with Crippen LogP contribution in [0.25, 0.3) is 0 Å². The first-order valence-corrected chi connectivity index (χ1v) is 7.81. The predicted octanol–water partition coefficient (Wildman–Crippen LogP) is 0.982. The van der Waals surface area contributed by atoms with Gasteiger partial charge in [0, 0.05) is 5.56 Å². The van der Waals surface area contributed by atoms with E-state index >= 15 is 0 Å². The van der Waals surface area contributed by atoms with Gasteiger partial charge in [0.2, 0.25) is 0 Å². The number of nitrogens with zero attached hydrogens (tertiary/aromatic N) is 2. The highest BCUT2D eigenvalue weighted by molar-refractivity contribution is 7.90. The minimum absolute atomic E-state index is 0.260. The molecule has 6 heteroatoms. The predicted molar refractivity (Wildman–Crippen MR) is 71.6 cm³/mol. The molecule has 0 saturated carbocycles. The normalized spacial score (nSPS) is 22.6. The van der Waals surface area contributed by atoms with Gasteiger partial charge in [0.1, 0.15) is 4.90 Å². The second kappa shape index (κ2) is 4.05. The highest BCUT2D eigenvalue weighted by Gasteiger charge is 2.44. The van der Waals surface area contributed by atoms with Crippen molar-refractivity contribution in [1.29, 1.82) is 0 Å². The first-order chi connectivity index (χ1) is 8.95. The molecule has 19 heavy (non-hydrogen) atoms.